The third-order valence-electron chi connectivity index (χ3n) is 12.2. The summed E-state index contributed by atoms with van der Waals surface area (Å²) >= 11 is 0. The second kappa shape index (κ2) is 13.9. The summed E-state index contributed by atoms with van der Waals surface area (Å²) in [4.78, 5) is 2.40. The van der Waals surface area contributed by atoms with E-state index >= 15 is 0 Å². The molecule has 0 bridgehead atoms. The monoisotopic (exact) mass is 763 g/mol. The molecular formula is C58H37NO. The van der Waals surface area contributed by atoms with E-state index in [1.54, 1.807) is 0 Å². The Morgan fingerprint density at radius 3 is 1.68 bits per heavy atom. The molecule has 0 atom stereocenters. The summed E-state index contributed by atoms with van der Waals surface area (Å²) in [7, 11) is 0. The fourth-order valence-corrected chi connectivity index (χ4v) is 9.35. The van der Waals surface area contributed by atoms with Crippen molar-refractivity contribution in [2.75, 3.05) is 4.90 Å². The van der Waals surface area contributed by atoms with Crippen molar-refractivity contribution < 1.29 is 4.42 Å². The van der Waals surface area contributed by atoms with Gasteiger partial charge in [-0.15, -0.1) is 0 Å². The van der Waals surface area contributed by atoms with E-state index in [-0.39, 0.29) is 0 Å². The van der Waals surface area contributed by atoms with Gasteiger partial charge in [0.25, 0.3) is 0 Å². The maximum Gasteiger partial charge on any atom is 0.143 e. The van der Waals surface area contributed by atoms with E-state index in [0.717, 1.165) is 55.5 Å². The van der Waals surface area contributed by atoms with Gasteiger partial charge in [0.2, 0.25) is 0 Å². The van der Waals surface area contributed by atoms with Crippen LogP contribution >= 0.6 is 0 Å². The molecule has 12 rings (SSSR count). The van der Waals surface area contributed by atoms with Crippen molar-refractivity contribution >= 4 is 82.1 Å². The first kappa shape index (κ1) is 34.1. The van der Waals surface area contributed by atoms with Crippen LogP contribution in [0.4, 0.5) is 17.1 Å². The zero-order valence-corrected chi connectivity index (χ0v) is 32.7. The summed E-state index contributed by atoms with van der Waals surface area (Å²) in [6, 6.07) is 81.2. The largest absolute Gasteiger partial charge is 0.455 e. The smallest absolute Gasteiger partial charge is 0.143 e. The first-order valence-electron chi connectivity index (χ1n) is 20.6. The van der Waals surface area contributed by atoms with Crippen LogP contribution in [0.2, 0.25) is 0 Å². The Morgan fingerprint density at radius 2 is 0.817 bits per heavy atom. The minimum absolute atomic E-state index is 0.889. The number of furan rings is 1. The predicted octanol–water partition coefficient (Wildman–Crippen LogP) is 16.7. The molecule has 1 heterocycles. The van der Waals surface area contributed by atoms with E-state index in [1.165, 1.54) is 60.0 Å². The van der Waals surface area contributed by atoms with Crippen LogP contribution in [-0.2, 0) is 0 Å². The molecule has 2 nitrogen and oxygen atoms in total. The summed E-state index contributed by atoms with van der Waals surface area (Å²) < 4.78 is 6.92. The predicted molar refractivity (Wildman–Crippen MR) is 255 cm³/mol. The summed E-state index contributed by atoms with van der Waals surface area (Å²) in [5.41, 5.74) is 11.9. The van der Waals surface area contributed by atoms with Crippen molar-refractivity contribution in [3.8, 4) is 33.4 Å². The SMILES string of the molecule is c1cc(-c2cccc3ccccc23)cc(N(c2ccc(-c3ccc4c(ccc5ccccc54)c3)cc2)c2ccccc2-c2cccc3c2oc2c4ccccc4ccc32)c1. The highest BCUT2D eigenvalue weighted by molar-refractivity contribution is 6.18. The lowest BCUT2D eigenvalue weighted by Crippen LogP contribution is -2.11. The van der Waals surface area contributed by atoms with Gasteiger partial charge in [-0.2, -0.15) is 0 Å². The molecule has 0 spiro atoms. The van der Waals surface area contributed by atoms with Crippen molar-refractivity contribution in [1.29, 1.82) is 0 Å². The summed E-state index contributed by atoms with van der Waals surface area (Å²) in [5.74, 6) is 0. The summed E-state index contributed by atoms with van der Waals surface area (Å²) in [6.07, 6.45) is 0. The van der Waals surface area contributed by atoms with Gasteiger partial charge in [0.05, 0.1) is 5.69 Å². The van der Waals surface area contributed by atoms with Gasteiger partial charge in [-0.05, 0) is 102 Å². The van der Waals surface area contributed by atoms with Gasteiger partial charge in [0, 0.05) is 38.7 Å². The van der Waals surface area contributed by atoms with Crippen molar-refractivity contribution in [3.63, 3.8) is 0 Å². The lowest BCUT2D eigenvalue weighted by molar-refractivity contribution is 0.674. The third-order valence-corrected chi connectivity index (χ3v) is 12.2. The lowest BCUT2D eigenvalue weighted by Gasteiger charge is -2.28. The van der Waals surface area contributed by atoms with Crippen LogP contribution in [0.5, 0.6) is 0 Å². The maximum atomic E-state index is 6.92. The Balaban J connectivity index is 1.03. The first-order chi connectivity index (χ1) is 29.7. The second-order valence-electron chi connectivity index (χ2n) is 15.6. The topological polar surface area (TPSA) is 16.4 Å². The van der Waals surface area contributed by atoms with Crippen molar-refractivity contribution in [3.05, 3.63) is 224 Å². The second-order valence-corrected chi connectivity index (χ2v) is 15.6. The number of hydrogen-bond donors (Lipinski definition) is 0. The molecule has 0 saturated heterocycles. The number of benzene rings is 11. The number of anilines is 3. The van der Waals surface area contributed by atoms with Crippen LogP contribution in [-0.4, -0.2) is 0 Å². The molecule has 0 saturated carbocycles. The molecule has 2 heteroatoms. The van der Waals surface area contributed by atoms with Gasteiger partial charge in [-0.25, -0.2) is 0 Å². The van der Waals surface area contributed by atoms with Gasteiger partial charge in [-0.1, -0.05) is 182 Å². The highest BCUT2D eigenvalue weighted by Crippen LogP contribution is 2.46. The van der Waals surface area contributed by atoms with Crippen LogP contribution in [0.1, 0.15) is 0 Å². The maximum absolute atomic E-state index is 6.92. The Hall–Kier alpha value is -7.94. The van der Waals surface area contributed by atoms with Crippen LogP contribution in [0, 0.1) is 0 Å². The highest BCUT2D eigenvalue weighted by atomic mass is 16.3. The molecular weight excluding hydrogens is 727 g/mol. The van der Waals surface area contributed by atoms with Crippen molar-refractivity contribution in [2.45, 2.75) is 0 Å². The minimum Gasteiger partial charge on any atom is -0.455 e. The number of hydrogen-bond acceptors (Lipinski definition) is 2. The van der Waals surface area contributed by atoms with Gasteiger partial charge < -0.3 is 9.32 Å². The van der Waals surface area contributed by atoms with E-state index < -0.39 is 0 Å². The molecule has 0 unspecified atom stereocenters. The quantitative estimate of drug-likeness (QED) is 0.157. The first-order valence-corrected chi connectivity index (χ1v) is 20.6. The average Bonchev–Trinajstić information content (AvgIpc) is 3.71. The number of rotatable bonds is 6. The van der Waals surface area contributed by atoms with Crippen LogP contribution in [0.3, 0.4) is 0 Å². The van der Waals surface area contributed by atoms with E-state index in [1.807, 2.05) is 0 Å². The van der Waals surface area contributed by atoms with Crippen LogP contribution in [0.15, 0.2) is 229 Å². The van der Waals surface area contributed by atoms with Gasteiger partial charge in [-0.3, -0.25) is 0 Å². The molecule has 0 aliphatic rings. The molecule has 0 amide bonds. The number of para-hydroxylation sites is 2. The normalized spacial score (nSPS) is 11.7. The third kappa shape index (κ3) is 5.57. The minimum atomic E-state index is 0.889. The van der Waals surface area contributed by atoms with E-state index in [2.05, 4.69) is 229 Å². The molecule has 11 aromatic carbocycles. The molecule has 1 aromatic heterocycles. The van der Waals surface area contributed by atoms with E-state index in [4.69, 9.17) is 4.42 Å². The number of nitrogens with zero attached hydrogens (tertiary/aromatic N) is 1. The molecule has 0 N–H and O–H groups in total. The standard InChI is InChI=1S/C58H37NO/c1-4-18-47-39(12-1)15-10-22-49(47)43-16-9-17-46(37-43)59(45-32-28-38(29-33-45)42-31-34-50-44(36-42)27-26-40-13-2-5-19-48(40)50)56-25-8-7-21-52(56)53-23-11-24-54-55-35-30-41-14-3-6-20-51(41)57(55)60-58(53)54/h1-37H. The Labute approximate surface area is 347 Å². The fourth-order valence-electron chi connectivity index (χ4n) is 9.35. The van der Waals surface area contributed by atoms with Gasteiger partial charge >= 0.3 is 0 Å². The summed E-state index contributed by atoms with van der Waals surface area (Å²) in [6.45, 7) is 0. The molecule has 0 radical (unpaired) electrons. The molecule has 0 fully saturated rings. The Kier molecular flexibility index (Phi) is 7.89. The summed E-state index contributed by atoms with van der Waals surface area (Å²) in [5, 5.41) is 12.0. The molecule has 0 aliphatic heterocycles. The Bertz CT molecular complexity index is 3610. The molecule has 280 valence electrons. The van der Waals surface area contributed by atoms with E-state index in [0.29, 0.717) is 0 Å². The average molecular weight is 764 g/mol. The fraction of sp³-hybridized carbons (Fsp3) is 0. The lowest BCUT2D eigenvalue weighted by atomic mass is 9.96. The zero-order chi connectivity index (χ0) is 39.6. The van der Waals surface area contributed by atoms with Crippen molar-refractivity contribution in [2.24, 2.45) is 0 Å². The highest BCUT2D eigenvalue weighted by Gasteiger charge is 2.21. The van der Waals surface area contributed by atoms with Crippen LogP contribution in [0.25, 0.3) is 98.4 Å². The number of fused-ring (bicyclic) bond motifs is 9. The molecule has 0 aliphatic carbocycles. The van der Waals surface area contributed by atoms with E-state index in [9.17, 15) is 0 Å². The van der Waals surface area contributed by atoms with Crippen molar-refractivity contribution in [1.82, 2.24) is 0 Å². The van der Waals surface area contributed by atoms with Gasteiger partial charge in [0.1, 0.15) is 11.2 Å². The Morgan fingerprint density at radius 1 is 0.267 bits per heavy atom. The zero-order valence-electron chi connectivity index (χ0n) is 32.7. The molecule has 12 aromatic rings. The van der Waals surface area contributed by atoms with Gasteiger partial charge in [0.15, 0.2) is 0 Å². The molecule has 60 heavy (non-hydrogen) atoms. The van der Waals surface area contributed by atoms with Crippen LogP contribution < -0.4 is 4.90 Å².